The van der Waals surface area contributed by atoms with Gasteiger partial charge in [-0.15, -0.1) is 11.3 Å². The molecular formula is C11H16BrNOS. The molecule has 1 fully saturated rings. The summed E-state index contributed by atoms with van der Waals surface area (Å²) in [4.78, 5) is 1.37. The Kier molecular flexibility index (Phi) is 4.20. The molecule has 1 aliphatic rings. The Hall–Kier alpha value is 0.1000. The van der Waals surface area contributed by atoms with Crippen LogP contribution in [0.15, 0.2) is 15.9 Å². The van der Waals surface area contributed by atoms with Crippen molar-refractivity contribution >= 4 is 27.3 Å². The first-order valence-electron chi connectivity index (χ1n) is 5.33. The predicted molar refractivity (Wildman–Crippen MR) is 67.3 cm³/mol. The summed E-state index contributed by atoms with van der Waals surface area (Å²) in [7, 11) is 0. The van der Waals surface area contributed by atoms with Crippen molar-refractivity contribution in [3.05, 3.63) is 20.8 Å². The number of rotatable bonds is 4. The quantitative estimate of drug-likeness (QED) is 0.919. The van der Waals surface area contributed by atoms with Crippen molar-refractivity contribution in [3.63, 3.8) is 0 Å². The Labute approximate surface area is 103 Å². The molecule has 1 aromatic heterocycles. The zero-order valence-corrected chi connectivity index (χ0v) is 11.2. The third kappa shape index (κ3) is 3.28. The average Bonchev–Trinajstić information content (AvgIpc) is 2.84. The summed E-state index contributed by atoms with van der Waals surface area (Å²) in [6, 6.07) is 2.62. The van der Waals surface area contributed by atoms with Gasteiger partial charge in [0, 0.05) is 33.9 Å². The van der Waals surface area contributed by atoms with E-state index < -0.39 is 0 Å². The van der Waals surface area contributed by atoms with Crippen molar-refractivity contribution in [2.75, 3.05) is 6.61 Å². The summed E-state index contributed by atoms with van der Waals surface area (Å²) in [5.74, 6) is 0. The van der Waals surface area contributed by atoms with Crippen molar-refractivity contribution in [1.82, 2.24) is 5.32 Å². The van der Waals surface area contributed by atoms with Gasteiger partial charge in [0.2, 0.25) is 0 Å². The van der Waals surface area contributed by atoms with Crippen molar-refractivity contribution in [2.24, 2.45) is 0 Å². The van der Waals surface area contributed by atoms with E-state index in [1.807, 2.05) is 0 Å². The van der Waals surface area contributed by atoms with Crippen LogP contribution in [-0.2, 0) is 11.3 Å². The summed E-state index contributed by atoms with van der Waals surface area (Å²) in [6.07, 6.45) is 2.82. The SMILES string of the molecule is C[C@H](NCc1cc(Br)cs1)[C@H]1CCCO1. The molecule has 1 aromatic rings. The van der Waals surface area contributed by atoms with Gasteiger partial charge < -0.3 is 10.1 Å². The minimum absolute atomic E-state index is 0.411. The lowest BCUT2D eigenvalue weighted by Gasteiger charge is -2.19. The topological polar surface area (TPSA) is 21.3 Å². The van der Waals surface area contributed by atoms with Gasteiger partial charge in [-0.2, -0.15) is 0 Å². The van der Waals surface area contributed by atoms with Crippen molar-refractivity contribution in [1.29, 1.82) is 0 Å². The molecule has 15 heavy (non-hydrogen) atoms. The van der Waals surface area contributed by atoms with Crippen LogP contribution in [0.4, 0.5) is 0 Å². The van der Waals surface area contributed by atoms with Crippen LogP contribution in [0.1, 0.15) is 24.6 Å². The largest absolute Gasteiger partial charge is 0.377 e. The van der Waals surface area contributed by atoms with E-state index in [2.05, 4.69) is 39.6 Å². The lowest BCUT2D eigenvalue weighted by molar-refractivity contribution is 0.0833. The maximum atomic E-state index is 5.64. The van der Waals surface area contributed by atoms with Crippen LogP contribution >= 0.6 is 27.3 Å². The molecule has 0 radical (unpaired) electrons. The Morgan fingerprint density at radius 3 is 3.20 bits per heavy atom. The van der Waals surface area contributed by atoms with Gasteiger partial charge in [-0.05, 0) is 41.8 Å². The summed E-state index contributed by atoms with van der Waals surface area (Å²) in [5, 5.41) is 5.64. The van der Waals surface area contributed by atoms with E-state index in [1.165, 1.54) is 22.2 Å². The highest BCUT2D eigenvalue weighted by Crippen LogP contribution is 2.20. The highest BCUT2D eigenvalue weighted by Gasteiger charge is 2.21. The molecule has 2 heterocycles. The third-order valence-corrected chi connectivity index (χ3v) is 4.44. The van der Waals surface area contributed by atoms with Crippen molar-refractivity contribution < 1.29 is 4.74 Å². The van der Waals surface area contributed by atoms with E-state index in [1.54, 1.807) is 11.3 Å². The minimum atomic E-state index is 0.411. The van der Waals surface area contributed by atoms with Gasteiger partial charge in [0.25, 0.3) is 0 Å². The summed E-state index contributed by atoms with van der Waals surface area (Å²) in [5.41, 5.74) is 0. The smallest absolute Gasteiger partial charge is 0.0726 e. The van der Waals surface area contributed by atoms with Crippen LogP contribution in [0.5, 0.6) is 0 Å². The van der Waals surface area contributed by atoms with E-state index in [0.29, 0.717) is 12.1 Å². The predicted octanol–water partition coefficient (Wildman–Crippen LogP) is 3.17. The number of hydrogen-bond acceptors (Lipinski definition) is 3. The van der Waals surface area contributed by atoms with E-state index in [-0.39, 0.29) is 0 Å². The van der Waals surface area contributed by atoms with Crippen LogP contribution in [0.25, 0.3) is 0 Å². The molecule has 1 N–H and O–H groups in total. The van der Waals surface area contributed by atoms with Gasteiger partial charge in [-0.25, -0.2) is 0 Å². The Morgan fingerprint density at radius 2 is 2.60 bits per heavy atom. The van der Waals surface area contributed by atoms with Crippen LogP contribution in [0.2, 0.25) is 0 Å². The Bertz CT molecular complexity index is 309. The van der Waals surface area contributed by atoms with E-state index in [9.17, 15) is 0 Å². The molecular weight excluding hydrogens is 274 g/mol. The molecule has 1 aliphatic heterocycles. The first-order chi connectivity index (χ1) is 7.25. The number of hydrogen-bond donors (Lipinski definition) is 1. The van der Waals surface area contributed by atoms with Crippen LogP contribution in [0.3, 0.4) is 0 Å². The normalized spacial score (nSPS) is 23.2. The minimum Gasteiger partial charge on any atom is -0.377 e. The first kappa shape index (κ1) is 11.6. The van der Waals surface area contributed by atoms with E-state index in [0.717, 1.165) is 13.2 Å². The number of thiophene rings is 1. The van der Waals surface area contributed by atoms with Crippen LogP contribution in [-0.4, -0.2) is 18.8 Å². The fraction of sp³-hybridized carbons (Fsp3) is 0.636. The molecule has 2 nitrogen and oxygen atoms in total. The molecule has 1 saturated heterocycles. The van der Waals surface area contributed by atoms with Gasteiger partial charge in [-0.1, -0.05) is 0 Å². The van der Waals surface area contributed by atoms with Gasteiger partial charge in [0.05, 0.1) is 6.10 Å². The monoisotopic (exact) mass is 289 g/mol. The number of ether oxygens (including phenoxy) is 1. The van der Waals surface area contributed by atoms with Gasteiger partial charge in [0.15, 0.2) is 0 Å². The maximum Gasteiger partial charge on any atom is 0.0726 e. The van der Waals surface area contributed by atoms with E-state index in [4.69, 9.17) is 4.74 Å². The lowest BCUT2D eigenvalue weighted by Crippen LogP contribution is -2.36. The van der Waals surface area contributed by atoms with E-state index >= 15 is 0 Å². The van der Waals surface area contributed by atoms with Crippen LogP contribution in [0, 0.1) is 0 Å². The molecule has 0 bridgehead atoms. The standard InChI is InChI=1S/C11H16BrNOS/c1-8(11-3-2-4-14-11)13-6-10-5-9(12)7-15-10/h5,7-8,11,13H,2-4,6H2,1H3/t8-,11+/m0/s1. The number of nitrogens with one attached hydrogen (secondary N) is 1. The fourth-order valence-corrected chi connectivity index (χ4v) is 3.24. The highest BCUT2D eigenvalue weighted by molar-refractivity contribution is 9.10. The molecule has 0 unspecified atom stereocenters. The summed E-state index contributed by atoms with van der Waals surface area (Å²) < 4.78 is 6.82. The van der Waals surface area contributed by atoms with Gasteiger partial charge in [-0.3, -0.25) is 0 Å². The van der Waals surface area contributed by atoms with Gasteiger partial charge in [0.1, 0.15) is 0 Å². The second kappa shape index (κ2) is 5.43. The molecule has 2 atom stereocenters. The third-order valence-electron chi connectivity index (χ3n) is 2.74. The molecule has 0 spiro atoms. The molecule has 0 aromatic carbocycles. The molecule has 0 aliphatic carbocycles. The highest BCUT2D eigenvalue weighted by atomic mass is 79.9. The molecule has 2 rings (SSSR count). The summed E-state index contributed by atoms with van der Waals surface area (Å²) in [6.45, 7) is 4.08. The number of halogens is 1. The Balaban J connectivity index is 1.77. The second-order valence-electron chi connectivity index (χ2n) is 3.95. The second-order valence-corrected chi connectivity index (χ2v) is 5.86. The van der Waals surface area contributed by atoms with Crippen LogP contribution < -0.4 is 5.32 Å². The zero-order chi connectivity index (χ0) is 10.7. The molecule has 84 valence electrons. The maximum absolute atomic E-state index is 5.64. The van der Waals surface area contributed by atoms with Gasteiger partial charge >= 0.3 is 0 Å². The zero-order valence-electron chi connectivity index (χ0n) is 8.83. The molecule has 0 amide bonds. The lowest BCUT2D eigenvalue weighted by atomic mass is 10.1. The molecule has 0 saturated carbocycles. The Morgan fingerprint density at radius 1 is 1.73 bits per heavy atom. The van der Waals surface area contributed by atoms with Crippen molar-refractivity contribution in [3.8, 4) is 0 Å². The average molecular weight is 290 g/mol. The summed E-state index contributed by atoms with van der Waals surface area (Å²) >= 11 is 5.25. The van der Waals surface area contributed by atoms with Crippen molar-refractivity contribution in [2.45, 2.75) is 38.5 Å². The molecule has 4 heteroatoms. The first-order valence-corrected chi connectivity index (χ1v) is 7.01. The fourth-order valence-electron chi connectivity index (χ4n) is 1.84.